The molecule has 1 saturated heterocycles. The smallest absolute Gasteiger partial charge is 0.140 e. The average molecular weight is 258 g/mol. The summed E-state index contributed by atoms with van der Waals surface area (Å²) >= 11 is 0. The molecule has 0 bridgehead atoms. The van der Waals surface area contributed by atoms with Crippen molar-refractivity contribution in [3.8, 4) is 0 Å². The lowest BCUT2D eigenvalue weighted by molar-refractivity contribution is -0.00990. The molecule has 1 aliphatic carbocycles. The number of fused-ring (bicyclic) bond motifs is 2. The van der Waals surface area contributed by atoms with Gasteiger partial charge in [-0.2, -0.15) is 0 Å². The van der Waals surface area contributed by atoms with Crippen LogP contribution in [0.3, 0.4) is 0 Å². The summed E-state index contributed by atoms with van der Waals surface area (Å²) in [6.07, 6.45) is 6.68. The number of aromatic amines is 1. The van der Waals surface area contributed by atoms with Gasteiger partial charge in [0.25, 0.3) is 0 Å². The molecule has 2 aromatic rings. The molecule has 1 aliphatic heterocycles. The van der Waals surface area contributed by atoms with Gasteiger partial charge in [0, 0.05) is 30.2 Å². The predicted octanol–water partition coefficient (Wildman–Crippen LogP) is 1.61. The first-order valence-electron chi connectivity index (χ1n) is 6.77. The zero-order valence-electron chi connectivity index (χ0n) is 11.2. The van der Waals surface area contributed by atoms with Gasteiger partial charge in [0.05, 0.1) is 17.7 Å². The number of aromatic nitrogens is 3. The molecule has 100 valence electrons. The molecule has 2 aliphatic rings. The topological polar surface area (TPSA) is 62.8 Å². The van der Waals surface area contributed by atoms with Gasteiger partial charge in [-0.3, -0.25) is 0 Å². The molecular weight excluding hydrogens is 240 g/mol. The van der Waals surface area contributed by atoms with Crippen LogP contribution in [-0.2, 0) is 11.3 Å². The maximum atomic E-state index is 5.87. The second-order valence-corrected chi connectivity index (χ2v) is 6.15. The van der Waals surface area contributed by atoms with E-state index in [0.717, 1.165) is 24.2 Å². The minimum Gasteiger partial charge on any atom is -0.373 e. The molecule has 0 radical (unpaired) electrons. The second-order valence-electron chi connectivity index (χ2n) is 6.15. The largest absolute Gasteiger partial charge is 0.373 e. The molecule has 2 atom stereocenters. The van der Waals surface area contributed by atoms with Gasteiger partial charge in [-0.05, 0) is 25.8 Å². The third-order valence-electron chi connectivity index (χ3n) is 4.86. The zero-order valence-corrected chi connectivity index (χ0v) is 11.2. The van der Waals surface area contributed by atoms with E-state index in [1.54, 1.807) is 6.33 Å². The number of hydrogen-bond donors (Lipinski definition) is 2. The number of nitrogens with one attached hydrogen (secondary N) is 2. The van der Waals surface area contributed by atoms with E-state index in [9.17, 15) is 0 Å². The summed E-state index contributed by atoms with van der Waals surface area (Å²) in [7, 11) is 0. The quantitative estimate of drug-likeness (QED) is 0.878. The van der Waals surface area contributed by atoms with Gasteiger partial charge in [0.2, 0.25) is 0 Å². The van der Waals surface area contributed by atoms with Crippen LogP contribution in [0.1, 0.15) is 25.8 Å². The van der Waals surface area contributed by atoms with E-state index >= 15 is 0 Å². The Hall–Kier alpha value is -1.46. The number of rotatable bonds is 3. The first kappa shape index (κ1) is 11.4. The van der Waals surface area contributed by atoms with Gasteiger partial charge in [-0.15, -0.1) is 0 Å². The Morgan fingerprint density at radius 1 is 1.53 bits per heavy atom. The highest BCUT2D eigenvalue weighted by Crippen LogP contribution is 2.57. The summed E-state index contributed by atoms with van der Waals surface area (Å²) in [5.74, 6) is 0.670. The van der Waals surface area contributed by atoms with Gasteiger partial charge in [-0.1, -0.05) is 0 Å². The van der Waals surface area contributed by atoms with E-state index in [-0.39, 0.29) is 11.1 Å². The van der Waals surface area contributed by atoms with Gasteiger partial charge >= 0.3 is 0 Å². The van der Waals surface area contributed by atoms with Gasteiger partial charge in [0.15, 0.2) is 0 Å². The summed E-state index contributed by atoms with van der Waals surface area (Å²) in [6, 6.07) is 0. The molecular formula is C14H18N4O. The fourth-order valence-electron chi connectivity index (χ4n) is 3.45. The Bertz CT molecular complexity index is 635. The molecule has 0 aromatic carbocycles. The van der Waals surface area contributed by atoms with Crippen molar-refractivity contribution in [1.29, 1.82) is 0 Å². The molecule has 5 heteroatoms. The molecule has 2 fully saturated rings. The molecule has 2 unspecified atom stereocenters. The molecule has 19 heavy (non-hydrogen) atoms. The van der Waals surface area contributed by atoms with Crippen molar-refractivity contribution in [2.24, 2.45) is 5.92 Å². The second kappa shape index (κ2) is 3.55. The first-order valence-corrected chi connectivity index (χ1v) is 6.77. The van der Waals surface area contributed by atoms with E-state index in [1.165, 1.54) is 12.0 Å². The lowest BCUT2D eigenvalue weighted by atomic mass is 9.95. The van der Waals surface area contributed by atoms with E-state index < -0.39 is 0 Å². The summed E-state index contributed by atoms with van der Waals surface area (Å²) in [5.41, 5.74) is 2.21. The predicted molar refractivity (Wildman–Crippen MR) is 71.6 cm³/mol. The third kappa shape index (κ3) is 1.48. The summed E-state index contributed by atoms with van der Waals surface area (Å²) in [6.45, 7) is 6.09. The molecule has 3 heterocycles. The highest BCUT2D eigenvalue weighted by atomic mass is 16.5. The standard InChI is InChI=1S/C14H18N4O/c1-13(2)14(3-10(14)7-19-13)18-5-9-4-16-12-11(9)6-15-8-17-12/h4,6,8,10,18H,3,5,7H2,1-2H3,(H,15,16,17). The van der Waals surface area contributed by atoms with Crippen LogP contribution in [0.4, 0.5) is 0 Å². The van der Waals surface area contributed by atoms with Crippen molar-refractivity contribution in [2.75, 3.05) is 6.61 Å². The van der Waals surface area contributed by atoms with E-state index in [4.69, 9.17) is 4.74 Å². The van der Waals surface area contributed by atoms with E-state index in [2.05, 4.69) is 34.1 Å². The number of hydrogen-bond acceptors (Lipinski definition) is 4. The molecule has 2 N–H and O–H groups in total. The van der Waals surface area contributed by atoms with Crippen LogP contribution < -0.4 is 5.32 Å². The average Bonchev–Trinajstić information content (AvgIpc) is 2.90. The normalized spacial score (nSPS) is 31.6. The van der Waals surface area contributed by atoms with Crippen LogP contribution in [0.25, 0.3) is 11.0 Å². The van der Waals surface area contributed by atoms with Gasteiger partial charge in [-0.25, -0.2) is 9.97 Å². The van der Waals surface area contributed by atoms with Crippen LogP contribution in [0.2, 0.25) is 0 Å². The summed E-state index contributed by atoms with van der Waals surface area (Å²) in [5, 5.41) is 4.81. The maximum absolute atomic E-state index is 5.87. The highest BCUT2D eigenvalue weighted by molar-refractivity contribution is 5.78. The Morgan fingerprint density at radius 2 is 2.42 bits per heavy atom. The number of ether oxygens (including phenoxy) is 1. The minimum atomic E-state index is -0.0692. The lowest BCUT2D eigenvalue weighted by Gasteiger charge is -2.31. The minimum absolute atomic E-state index is 0.0692. The van der Waals surface area contributed by atoms with Crippen molar-refractivity contribution in [2.45, 2.75) is 38.0 Å². The Labute approximate surface area is 111 Å². The first-order chi connectivity index (χ1) is 9.12. The van der Waals surface area contributed by atoms with Gasteiger partial charge < -0.3 is 15.0 Å². The van der Waals surface area contributed by atoms with Crippen molar-refractivity contribution in [1.82, 2.24) is 20.3 Å². The highest BCUT2D eigenvalue weighted by Gasteiger charge is 2.68. The van der Waals surface area contributed by atoms with Crippen molar-refractivity contribution in [3.05, 3.63) is 24.3 Å². The van der Waals surface area contributed by atoms with E-state index in [1.807, 2.05) is 12.4 Å². The van der Waals surface area contributed by atoms with Crippen molar-refractivity contribution >= 4 is 11.0 Å². The molecule has 0 amide bonds. The lowest BCUT2D eigenvalue weighted by Crippen LogP contribution is -2.48. The number of H-pyrrole nitrogens is 1. The SMILES string of the molecule is CC1(C)OCC2CC21NCc1c[nH]c2ncncc12. The zero-order chi connectivity index (χ0) is 13.1. The summed E-state index contributed by atoms with van der Waals surface area (Å²) < 4.78 is 5.87. The van der Waals surface area contributed by atoms with Gasteiger partial charge in [0.1, 0.15) is 12.0 Å². The van der Waals surface area contributed by atoms with Crippen molar-refractivity contribution < 1.29 is 4.74 Å². The molecule has 4 rings (SSSR count). The van der Waals surface area contributed by atoms with Crippen LogP contribution in [0, 0.1) is 5.92 Å². The third-order valence-corrected chi connectivity index (χ3v) is 4.86. The van der Waals surface area contributed by atoms with Crippen LogP contribution in [0.15, 0.2) is 18.7 Å². The van der Waals surface area contributed by atoms with Crippen LogP contribution in [-0.4, -0.2) is 32.7 Å². The fraction of sp³-hybridized carbons (Fsp3) is 0.571. The Morgan fingerprint density at radius 3 is 3.16 bits per heavy atom. The monoisotopic (exact) mass is 258 g/mol. The molecule has 5 nitrogen and oxygen atoms in total. The van der Waals surface area contributed by atoms with Crippen LogP contribution in [0.5, 0.6) is 0 Å². The molecule has 2 aromatic heterocycles. The van der Waals surface area contributed by atoms with Crippen molar-refractivity contribution in [3.63, 3.8) is 0 Å². The Kier molecular flexibility index (Phi) is 2.13. The Balaban J connectivity index is 1.57. The summed E-state index contributed by atoms with van der Waals surface area (Å²) in [4.78, 5) is 11.5. The van der Waals surface area contributed by atoms with E-state index in [0.29, 0.717) is 5.92 Å². The van der Waals surface area contributed by atoms with Crippen LogP contribution >= 0.6 is 0 Å². The number of nitrogens with zero attached hydrogens (tertiary/aromatic N) is 2. The molecule has 0 spiro atoms. The molecule has 1 saturated carbocycles. The fourth-order valence-corrected chi connectivity index (χ4v) is 3.45. The maximum Gasteiger partial charge on any atom is 0.140 e.